The van der Waals surface area contributed by atoms with Crippen molar-refractivity contribution < 1.29 is 9.53 Å². The molecule has 0 aromatic heterocycles. The lowest BCUT2D eigenvalue weighted by molar-refractivity contribution is -0.135. The van der Waals surface area contributed by atoms with Crippen molar-refractivity contribution in [1.82, 2.24) is 4.90 Å². The monoisotopic (exact) mass is 245 g/mol. The van der Waals surface area contributed by atoms with Crippen molar-refractivity contribution in [2.75, 3.05) is 14.2 Å². The number of aryl methyl sites for hydroxylation is 1. The lowest BCUT2D eigenvalue weighted by atomic mass is 9.74. The number of ether oxygens (including phenoxy) is 1. The van der Waals surface area contributed by atoms with Gasteiger partial charge in [0.1, 0.15) is 5.75 Å². The Morgan fingerprint density at radius 3 is 2.89 bits per heavy atom. The number of benzene rings is 1. The van der Waals surface area contributed by atoms with Gasteiger partial charge in [0, 0.05) is 25.4 Å². The standard InChI is InChI=1S/C15H19NO2/c1-16-14-7-3-10-9-11(18-2)4-5-12(10)13(14)6-8-15(16)17/h4-5,9,13-14H,3,6-8H2,1-2H3/t13-,14-/m0/s1. The Morgan fingerprint density at radius 2 is 2.11 bits per heavy atom. The first-order chi connectivity index (χ1) is 8.70. The normalized spacial score (nSPS) is 26.6. The van der Waals surface area contributed by atoms with Crippen LogP contribution in [0.5, 0.6) is 5.75 Å². The van der Waals surface area contributed by atoms with E-state index in [2.05, 4.69) is 12.1 Å². The van der Waals surface area contributed by atoms with Gasteiger partial charge in [0.05, 0.1) is 7.11 Å². The second-order valence-electron chi connectivity index (χ2n) is 5.32. The Hall–Kier alpha value is -1.51. The number of hydrogen-bond acceptors (Lipinski definition) is 2. The molecule has 18 heavy (non-hydrogen) atoms. The molecule has 2 atom stereocenters. The highest BCUT2D eigenvalue weighted by Gasteiger charge is 2.37. The molecule has 0 saturated carbocycles. The van der Waals surface area contributed by atoms with Gasteiger partial charge in [-0.25, -0.2) is 0 Å². The van der Waals surface area contributed by atoms with Crippen LogP contribution in [0.4, 0.5) is 0 Å². The smallest absolute Gasteiger partial charge is 0.222 e. The molecule has 1 aromatic carbocycles. The number of carbonyl (C=O) groups is 1. The molecule has 3 nitrogen and oxygen atoms in total. The van der Waals surface area contributed by atoms with E-state index in [4.69, 9.17) is 4.74 Å². The summed E-state index contributed by atoms with van der Waals surface area (Å²) in [6, 6.07) is 6.78. The number of fused-ring (bicyclic) bond motifs is 3. The Bertz CT molecular complexity index is 483. The zero-order valence-corrected chi connectivity index (χ0v) is 11.0. The minimum absolute atomic E-state index is 0.299. The summed E-state index contributed by atoms with van der Waals surface area (Å²) in [7, 11) is 3.66. The molecule has 1 aliphatic heterocycles. The minimum atomic E-state index is 0.299. The van der Waals surface area contributed by atoms with Crippen LogP contribution in [0.25, 0.3) is 0 Å². The number of likely N-dealkylation sites (N-methyl/N-ethyl adjacent to an activating group) is 1. The molecular weight excluding hydrogens is 226 g/mol. The highest BCUT2D eigenvalue weighted by atomic mass is 16.5. The van der Waals surface area contributed by atoms with Gasteiger partial charge in [-0.05, 0) is 42.5 Å². The van der Waals surface area contributed by atoms with Gasteiger partial charge in [0.2, 0.25) is 5.91 Å². The first-order valence-electron chi connectivity index (χ1n) is 6.63. The van der Waals surface area contributed by atoms with E-state index in [1.54, 1.807) is 7.11 Å². The second kappa shape index (κ2) is 4.30. The second-order valence-corrected chi connectivity index (χ2v) is 5.32. The van der Waals surface area contributed by atoms with Gasteiger partial charge in [-0.3, -0.25) is 4.79 Å². The lowest BCUT2D eigenvalue weighted by Gasteiger charge is -2.43. The van der Waals surface area contributed by atoms with Gasteiger partial charge >= 0.3 is 0 Å². The number of likely N-dealkylation sites (tertiary alicyclic amines) is 1. The summed E-state index contributed by atoms with van der Waals surface area (Å²) >= 11 is 0. The van der Waals surface area contributed by atoms with Crippen molar-refractivity contribution in [3.63, 3.8) is 0 Å². The van der Waals surface area contributed by atoms with Crippen molar-refractivity contribution in [3.8, 4) is 5.75 Å². The maximum Gasteiger partial charge on any atom is 0.222 e. The lowest BCUT2D eigenvalue weighted by Crippen LogP contribution is -2.47. The van der Waals surface area contributed by atoms with Crippen LogP contribution in [0.15, 0.2) is 18.2 Å². The number of methoxy groups -OCH3 is 1. The molecule has 0 N–H and O–H groups in total. The average Bonchev–Trinajstić information content (AvgIpc) is 2.41. The van der Waals surface area contributed by atoms with Crippen LogP contribution in [0.1, 0.15) is 36.3 Å². The van der Waals surface area contributed by atoms with Gasteiger partial charge < -0.3 is 9.64 Å². The van der Waals surface area contributed by atoms with E-state index in [0.29, 0.717) is 24.3 Å². The van der Waals surface area contributed by atoms with E-state index in [1.807, 2.05) is 18.0 Å². The van der Waals surface area contributed by atoms with Crippen molar-refractivity contribution in [2.45, 2.75) is 37.6 Å². The number of rotatable bonds is 1. The molecule has 0 radical (unpaired) electrons. The quantitative estimate of drug-likeness (QED) is 0.760. The third-order valence-corrected chi connectivity index (χ3v) is 4.48. The fourth-order valence-corrected chi connectivity index (χ4v) is 3.45. The molecule has 2 aliphatic rings. The van der Waals surface area contributed by atoms with Gasteiger partial charge in [-0.15, -0.1) is 0 Å². The number of carbonyl (C=O) groups excluding carboxylic acids is 1. The summed E-state index contributed by atoms with van der Waals surface area (Å²) < 4.78 is 5.29. The molecule has 1 fully saturated rings. The van der Waals surface area contributed by atoms with E-state index >= 15 is 0 Å². The Kier molecular flexibility index (Phi) is 2.77. The summed E-state index contributed by atoms with van der Waals surface area (Å²) in [5, 5.41) is 0. The zero-order valence-electron chi connectivity index (χ0n) is 11.0. The van der Waals surface area contributed by atoms with Crippen molar-refractivity contribution in [3.05, 3.63) is 29.3 Å². The molecular formula is C15H19NO2. The number of piperidine rings is 1. The van der Waals surface area contributed by atoms with Crippen LogP contribution in [-0.2, 0) is 11.2 Å². The zero-order chi connectivity index (χ0) is 12.7. The van der Waals surface area contributed by atoms with Crippen LogP contribution in [0.3, 0.4) is 0 Å². The molecule has 1 aliphatic carbocycles. The highest BCUT2D eigenvalue weighted by Crippen LogP contribution is 2.41. The van der Waals surface area contributed by atoms with E-state index in [9.17, 15) is 4.79 Å². The first-order valence-corrected chi connectivity index (χ1v) is 6.63. The van der Waals surface area contributed by atoms with E-state index in [1.165, 1.54) is 11.1 Å². The van der Waals surface area contributed by atoms with Gasteiger partial charge in [0.25, 0.3) is 0 Å². The van der Waals surface area contributed by atoms with Crippen molar-refractivity contribution in [1.29, 1.82) is 0 Å². The SMILES string of the molecule is COc1ccc2c(c1)CC[C@H]1[C@H]2CCC(=O)N1C. The summed E-state index contributed by atoms with van der Waals surface area (Å²) in [5.41, 5.74) is 2.82. The van der Waals surface area contributed by atoms with Crippen LogP contribution in [0.2, 0.25) is 0 Å². The molecule has 3 rings (SSSR count). The van der Waals surface area contributed by atoms with Gasteiger partial charge in [0.15, 0.2) is 0 Å². The molecule has 1 heterocycles. The minimum Gasteiger partial charge on any atom is -0.497 e. The van der Waals surface area contributed by atoms with Crippen molar-refractivity contribution >= 4 is 5.91 Å². The van der Waals surface area contributed by atoms with Gasteiger partial charge in [-0.1, -0.05) is 6.07 Å². The number of nitrogens with zero attached hydrogens (tertiary/aromatic N) is 1. The summed E-state index contributed by atoms with van der Waals surface area (Å²) in [6.07, 6.45) is 3.80. The largest absolute Gasteiger partial charge is 0.497 e. The summed E-state index contributed by atoms with van der Waals surface area (Å²) in [6.45, 7) is 0. The number of hydrogen-bond donors (Lipinski definition) is 0. The average molecular weight is 245 g/mol. The fourth-order valence-electron chi connectivity index (χ4n) is 3.45. The van der Waals surface area contributed by atoms with Crippen LogP contribution in [-0.4, -0.2) is 31.0 Å². The number of amides is 1. The predicted molar refractivity (Wildman–Crippen MR) is 69.8 cm³/mol. The first kappa shape index (κ1) is 11.6. The third kappa shape index (κ3) is 1.69. The highest BCUT2D eigenvalue weighted by molar-refractivity contribution is 5.77. The molecule has 1 amide bonds. The summed E-state index contributed by atoms with van der Waals surface area (Å²) in [5.74, 6) is 1.75. The predicted octanol–water partition coefficient (Wildman–Crippen LogP) is 2.35. The van der Waals surface area contributed by atoms with E-state index in [-0.39, 0.29) is 0 Å². The molecule has 0 unspecified atom stereocenters. The maximum atomic E-state index is 11.8. The third-order valence-electron chi connectivity index (χ3n) is 4.48. The van der Waals surface area contributed by atoms with Crippen molar-refractivity contribution in [2.24, 2.45) is 0 Å². The molecule has 0 bridgehead atoms. The van der Waals surface area contributed by atoms with E-state index in [0.717, 1.165) is 25.0 Å². The molecule has 3 heteroatoms. The molecule has 96 valence electrons. The fraction of sp³-hybridized carbons (Fsp3) is 0.533. The molecule has 1 aromatic rings. The topological polar surface area (TPSA) is 29.5 Å². The van der Waals surface area contributed by atoms with Crippen LogP contribution >= 0.6 is 0 Å². The van der Waals surface area contributed by atoms with Crippen LogP contribution < -0.4 is 4.74 Å². The van der Waals surface area contributed by atoms with Gasteiger partial charge in [-0.2, -0.15) is 0 Å². The summed E-state index contributed by atoms with van der Waals surface area (Å²) in [4.78, 5) is 13.7. The molecule has 0 spiro atoms. The maximum absolute atomic E-state index is 11.8. The van der Waals surface area contributed by atoms with Crippen LogP contribution in [0, 0.1) is 0 Å². The van der Waals surface area contributed by atoms with E-state index < -0.39 is 0 Å². The molecule has 1 saturated heterocycles. The Morgan fingerprint density at radius 1 is 1.28 bits per heavy atom. The Balaban J connectivity index is 1.96. The Labute approximate surface area is 108 Å².